The van der Waals surface area contributed by atoms with Crippen molar-refractivity contribution in [1.29, 1.82) is 0 Å². The summed E-state index contributed by atoms with van der Waals surface area (Å²) in [5.41, 5.74) is 0.730. The highest BCUT2D eigenvalue weighted by molar-refractivity contribution is 5.80. The number of nitrogens with one attached hydrogen (secondary N) is 1. The molecule has 172 valence electrons. The van der Waals surface area contributed by atoms with Crippen molar-refractivity contribution < 1.29 is 9.13 Å². The molecule has 0 saturated carbocycles. The summed E-state index contributed by atoms with van der Waals surface area (Å²) < 4.78 is 19.5. The molecular weight excluding hydrogens is 395 g/mol. The van der Waals surface area contributed by atoms with E-state index >= 15 is 0 Å². The lowest BCUT2D eigenvalue weighted by Gasteiger charge is -2.36. The van der Waals surface area contributed by atoms with Crippen LogP contribution in [0.15, 0.2) is 29.3 Å². The molecule has 0 amide bonds. The first-order chi connectivity index (χ1) is 15.2. The lowest BCUT2D eigenvalue weighted by atomic mass is 10.2. The highest BCUT2D eigenvalue weighted by atomic mass is 19.1. The van der Waals surface area contributed by atoms with Crippen LogP contribution in [0.1, 0.15) is 12.8 Å². The topological polar surface area (TPSA) is 46.6 Å². The average Bonchev–Trinajstić information content (AvgIpc) is 3.31. The van der Waals surface area contributed by atoms with Crippen LogP contribution in [0.5, 0.6) is 0 Å². The van der Waals surface area contributed by atoms with Crippen molar-refractivity contribution >= 4 is 11.6 Å². The van der Waals surface area contributed by atoms with Gasteiger partial charge in [-0.15, -0.1) is 0 Å². The molecule has 0 radical (unpaired) electrons. The van der Waals surface area contributed by atoms with Gasteiger partial charge < -0.3 is 19.9 Å². The van der Waals surface area contributed by atoms with Gasteiger partial charge in [-0.1, -0.05) is 12.1 Å². The molecule has 1 aromatic carbocycles. The number of benzene rings is 1. The van der Waals surface area contributed by atoms with Crippen molar-refractivity contribution in [1.82, 2.24) is 20.0 Å². The molecule has 8 heteroatoms. The molecule has 0 aliphatic carbocycles. The largest absolute Gasteiger partial charge is 0.379 e. The Bertz CT molecular complexity index is 718. The first-order valence-corrected chi connectivity index (χ1v) is 11.7. The van der Waals surface area contributed by atoms with Crippen LogP contribution in [0.3, 0.4) is 0 Å². The maximum atomic E-state index is 14.0. The van der Waals surface area contributed by atoms with Crippen LogP contribution < -0.4 is 10.2 Å². The Morgan fingerprint density at radius 3 is 2.61 bits per heavy atom. The van der Waals surface area contributed by atoms with Gasteiger partial charge in [0.25, 0.3) is 0 Å². The Morgan fingerprint density at radius 2 is 1.87 bits per heavy atom. The molecule has 4 rings (SSSR count). The number of likely N-dealkylation sites (tertiary alicyclic amines) is 1. The van der Waals surface area contributed by atoms with Crippen molar-refractivity contribution in [2.24, 2.45) is 4.99 Å². The smallest absolute Gasteiger partial charge is 0.193 e. The molecule has 3 saturated heterocycles. The summed E-state index contributed by atoms with van der Waals surface area (Å²) in [5, 5.41) is 3.56. The number of anilines is 1. The van der Waals surface area contributed by atoms with E-state index in [9.17, 15) is 4.39 Å². The Labute approximate surface area is 185 Å². The molecule has 3 aliphatic rings. The molecule has 3 aliphatic heterocycles. The normalized spacial score (nSPS) is 24.1. The van der Waals surface area contributed by atoms with Gasteiger partial charge >= 0.3 is 0 Å². The number of para-hydroxylation sites is 1. The number of morpholine rings is 1. The van der Waals surface area contributed by atoms with E-state index in [1.165, 1.54) is 6.42 Å². The van der Waals surface area contributed by atoms with Crippen molar-refractivity contribution in [2.45, 2.75) is 18.9 Å². The highest BCUT2D eigenvalue weighted by Gasteiger charge is 2.30. The minimum Gasteiger partial charge on any atom is -0.379 e. The van der Waals surface area contributed by atoms with Gasteiger partial charge in [0.15, 0.2) is 5.96 Å². The SMILES string of the molecule is CN=C(NCCCN1CCN(c2ccccc2F)CC1)N1CCC(N2CCOCC2)C1. The molecule has 1 aromatic rings. The Morgan fingerprint density at radius 1 is 1.10 bits per heavy atom. The van der Waals surface area contributed by atoms with E-state index in [0.29, 0.717) is 6.04 Å². The lowest BCUT2D eigenvalue weighted by molar-refractivity contribution is 0.0195. The van der Waals surface area contributed by atoms with Gasteiger partial charge in [-0.3, -0.25) is 14.8 Å². The van der Waals surface area contributed by atoms with Gasteiger partial charge in [0.1, 0.15) is 5.82 Å². The second-order valence-corrected chi connectivity index (χ2v) is 8.64. The summed E-state index contributed by atoms with van der Waals surface area (Å²) in [6.07, 6.45) is 2.28. The summed E-state index contributed by atoms with van der Waals surface area (Å²) >= 11 is 0. The van der Waals surface area contributed by atoms with Crippen LogP contribution in [-0.2, 0) is 4.74 Å². The molecule has 0 spiro atoms. The molecule has 1 N–H and O–H groups in total. The zero-order valence-corrected chi connectivity index (χ0v) is 18.8. The second kappa shape index (κ2) is 11.1. The van der Waals surface area contributed by atoms with E-state index in [2.05, 4.69) is 29.9 Å². The third-order valence-corrected chi connectivity index (χ3v) is 6.74. The molecule has 0 aromatic heterocycles. The van der Waals surface area contributed by atoms with E-state index in [4.69, 9.17) is 4.74 Å². The van der Waals surface area contributed by atoms with Gasteiger partial charge in [-0.05, 0) is 31.5 Å². The Hall–Kier alpha value is -1.90. The van der Waals surface area contributed by atoms with Crippen molar-refractivity contribution in [3.05, 3.63) is 30.1 Å². The Kier molecular flexibility index (Phi) is 7.99. The molecule has 1 atom stereocenters. The van der Waals surface area contributed by atoms with Crippen molar-refractivity contribution in [3.8, 4) is 0 Å². The summed E-state index contributed by atoms with van der Waals surface area (Å²) in [4.78, 5) is 14.1. The number of aliphatic imine (C=N–C) groups is 1. The maximum Gasteiger partial charge on any atom is 0.193 e. The quantitative estimate of drug-likeness (QED) is 0.416. The lowest BCUT2D eigenvalue weighted by Crippen LogP contribution is -2.48. The summed E-state index contributed by atoms with van der Waals surface area (Å²) in [7, 11) is 1.88. The minimum atomic E-state index is -0.121. The van der Waals surface area contributed by atoms with Crippen LogP contribution in [0, 0.1) is 5.82 Å². The molecule has 1 unspecified atom stereocenters. The first-order valence-electron chi connectivity index (χ1n) is 11.7. The number of hydrogen-bond donors (Lipinski definition) is 1. The standard InChI is InChI=1S/C23H37FN6O/c1-25-23(30-10-7-20(19-30)28-15-17-31-18-16-28)26-8-4-9-27-11-13-29(14-12-27)22-6-3-2-5-21(22)24/h2-3,5-6,20H,4,7-19H2,1H3,(H,25,26). The number of halogens is 1. The second-order valence-electron chi connectivity index (χ2n) is 8.64. The predicted octanol–water partition coefficient (Wildman–Crippen LogP) is 1.32. The number of guanidine groups is 1. The van der Waals surface area contributed by atoms with Gasteiger partial charge in [0.2, 0.25) is 0 Å². The van der Waals surface area contributed by atoms with Crippen LogP contribution in [0.25, 0.3) is 0 Å². The van der Waals surface area contributed by atoms with E-state index in [1.807, 2.05) is 19.2 Å². The fourth-order valence-corrected chi connectivity index (χ4v) is 4.93. The zero-order valence-electron chi connectivity index (χ0n) is 18.8. The van der Waals surface area contributed by atoms with E-state index in [0.717, 1.165) is 96.7 Å². The molecule has 3 fully saturated rings. The molecule has 3 heterocycles. The van der Waals surface area contributed by atoms with Crippen LogP contribution in [-0.4, -0.2) is 112 Å². The zero-order chi connectivity index (χ0) is 21.5. The van der Waals surface area contributed by atoms with Crippen molar-refractivity contribution in [3.63, 3.8) is 0 Å². The predicted molar refractivity (Wildman–Crippen MR) is 123 cm³/mol. The number of piperazine rings is 1. The third-order valence-electron chi connectivity index (χ3n) is 6.74. The number of rotatable bonds is 6. The van der Waals surface area contributed by atoms with Crippen LogP contribution in [0.4, 0.5) is 10.1 Å². The van der Waals surface area contributed by atoms with Gasteiger partial charge in [-0.25, -0.2) is 4.39 Å². The van der Waals surface area contributed by atoms with Gasteiger partial charge in [0.05, 0.1) is 18.9 Å². The molecular formula is C23H37FN6O. The van der Waals surface area contributed by atoms with Gasteiger partial charge in [-0.2, -0.15) is 0 Å². The number of nitrogens with zero attached hydrogens (tertiary/aromatic N) is 5. The fourth-order valence-electron chi connectivity index (χ4n) is 4.93. The number of ether oxygens (including phenoxy) is 1. The molecule has 31 heavy (non-hydrogen) atoms. The molecule has 7 nitrogen and oxygen atoms in total. The van der Waals surface area contributed by atoms with E-state index in [1.54, 1.807) is 12.1 Å². The summed E-state index contributed by atoms with van der Waals surface area (Å²) in [5.74, 6) is 0.907. The number of hydrogen-bond acceptors (Lipinski definition) is 5. The summed E-state index contributed by atoms with van der Waals surface area (Å²) in [6.45, 7) is 11.7. The van der Waals surface area contributed by atoms with E-state index in [-0.39, 0.29) is 5.82 Å². The highest BCUT2D eigenvalue weighted by Crippen LogP contribution is 2.20. The summed E-state index contributed by atoms with van der Waals surface area (Å²) in [6, 6.07) is 7.70. The third kappa shape index (κ3) is 5.87. The van der Waals surface area contributed by atoms with Gasteiger partial charge in [0, 0.05) is 72.0 Å². The Balaban J connectivity index is 1.13. The van der Waals surface area contributed by atoms with Crippen LogP contribution in [0.2, 0.25) is 0 Å². The minimum absolute atomic E-state index is 0.121. The fraction of sp³-hybridized carbons (Fsp3) is 0.696. The monoisotopic (exact) mass is 432 g/mol. The van der Waals surface area contributed by atoms with Crippen LogP contribution >= 0.6 is 0 Å². The van der Waals surface area contributed by atoms with Crippen molar-refractivity contribution in [2.75, 3.05) is 90.6 Å². The first kappa shape index (κ1) is 22.3. The van der Waals surface area contributed by atoms with E-state index < -0.39 is 0 Å². The maximum absolute atomic E-state index is 14.0. The molecule has 0 bridgehead atoms. The average molecular weight is 433 g/mol.